The van der Waals surface area contributed by atoms with E-state index in [2.05, 4.69) is 33.4 Å². The Hall–Kier alpha value is -1.29. The predicted molar refractivity (Wildman–Crippen MR) is 68.2 cm³/mol. The number of amides is 1. The summed E-state index contributed by atoms with van der Waals surface area (Å²) in [7, 11) is 0. The van der Waals surface area contributed by atoms with Crippen molar-refractivity contribution in [3.8, 4) is 0 Å². The number of carbonyl (C=O) groups is 1. The summed E-state index contributed by atoms with van der Waals surface area (Å²) in [6.45, 7) is 0. The first-order valence-corrected chi connectivity index (χ1v) is 5.97. The van der Waals surface area contributed by atoms with Gasteiger partial charge in [0.2, 0.25) is 0 Å². The second kappa shape index (κ2) is 4.70. The molecule has 1 aliphatic rings. The van der Waals surface area contributed by atoms with Crippen molar-refractivity contribution < 1.29 is 4.79 Å². The molecule has 0 unspecified atom stereocenters. The maximum Gasteiger partial charge on any atom is 0.253 e. The Morgan fingerprint density at radius 3 is 2.69 bits per heavy atom. The Balaban J connectivity index is 2.08. The maximum absolute atomic E-state index is 11.9. The van der Waals surface area contributed by atoms with Crippen molar-refractivity contribution in [2.75, 3.05) is 5.73 Å². The highest BCUT2D eigenvalue weighted by Gasteiger charge is 2.16. The lowest BCUT2D eigenvalue weighted by Gasteiger charge is -2.13. The lowest BCUT2D eigenvalue weighted by Crippen LogP contribution is -2.33. The molecule has 84 valence electrons. The number of nitrogen functional groups attached to an aromatic ring is 1. The predicted octanol–water partition coefficient (Wildman–Crippen LogP) is 2.48. The van der Waals surface area contributed by atoms with E-state index < -0.39 is 0 Å². The molecule has 1 aromatic carbocycles. The highest BCUT2D eigenvalue weighted by atomic mass is 79.9. The van der Waals surface area contributed by atoms with Crippen molar-refractivity contribution in [1.82, 2.24) is 5.32 Å². The number of nitrogens with one attached hydrogen (secondary N) is 1. The van der Waals surface area contributed by atoms with Crippen LogP contribution in [0.1, 0.15) is 23.2 Å². The molecule has 0 saturated heterocycles. The summed E-state index contributed by atoms with van der Waals surface area (Å²) in [5, 5.41) is 2.96. The van der Waals surface area contributed by atoms with Crippen LogP contribution >= 0.6 is 15.9 Å². The number of halogens is 1. The molecule has 0 atom stereocenters. The molecule has 0 radical (unpaired) electrons. The number of benzene rings is 1. The monoisotopic (exact) mass is 280 g/mol. The summed E-state index contributed by atoms with van der Waals surface area (Å²) in [6, 6.07) is 5.51. The lowest BCUT2D eigenvalue weighted by molar-refractivity contribution is 0.0940. The van der Waals surface area contributed by atoms with Crippen molar-refractivity contribution in [2.45, 2.75) is 18.9 Å². The number of carbonyl (C=O) groups excluding carboxylic acids is 1. The molecule has 3 N–H and O–H groups in total. The highest BCUT2D eigenvalue weighted by molar-refractivity contribution is 9.10. The fourth-order valence-electron chi connectivity index (χ4n) is 1.74. The first kappa shape index (κ1) is 11.2. The molecule has 0 saturated carbocycles. The second-order valence-electron chi connectivity index (χ2n) is 3.84. The van der Waals surface area contributed by atoms with Crippen LogP contribution in [0.5, 0.6) is 0 Å². The summed E-state index contributed by atoms with van der Waals surface area (Å²) >= 11 is 3.31. The van der Waals surface area contributed by atoms with E-state index in [1.54, 1.807) is 12.1 Å². The standard InChI is InChI=1S/C12H13BrN2O/c13-8-5-6-10(11(14)7-8)12(16)15-9-3-1-2-4-9/h1-2,5-7,9H,3-4,14H2,(H,15,16). The molecule has 1 amide bonds. The van der Waals surface area contributed by atoms with E-state index in [4.69, 9.17) is 5.73 Å². The zero-order valence-electron chi connectivity index (χ0n) is 8.74. The fourth-order valence-corrected chi connectivity index (χ4v) is 2.12. The minimum absolute atomic E-state index is 0.0984. The minimum Gasteiger partial charge on any atom is -0.398 e. The van der Waals surface area contributed by atoms with Crippen LogP contribution in [-0.2, 0) is 0 Å². The Bertz CT molecular complexity index is 435. The average Bonchev–Trinajstić information content (AvgIpc) is 2.70. The zero-order chi connectivity index (χ0) is 11.5. The Morgan fingerprint density at radius 2 is 2.06 bits per heavy atom. The van der Waals surface area contributed by atoms with Crippen molar-refractivity contribution in [1.29, 1.82) is 0 Å². The number of nitrogens with two attached hydrogens (primary N) is 1. The Morgan fingerprint density at radius 1 is 1.38 bits per heavy atom. The van der Waals surface area contributed by atoms with Crippen molar-refractivity contribution in [3.63, 3.8) is 0 Å². The molecule has 0 aliphatic heterocycles. The molecule has 2 rings (SSSR count). The van der Waals surface area contributed by atoms with Crippen LogP contribution in [0.3, 0.4) is 0 Å². The van der Waals surface area contributed by atoms with Gasteiger partial charge >= 0.3 is 0 Å². The van der Waals surface area contributed by atoms with E-state index in [9.17, 15) is 4.79 Å². The van der Waals surface area contributed by atoms with Gasteiger partial charge in [0.25, 0.3) is 5.91 Å². The van der Waals surface area contributed by atoms with Crippen molar-refractivity contribution in [2.24, 2.45) is 0 Å². The zero-order valence-corrected chi connectivity index (χ0v) is 10.3. The molecule has 1 aromatic rings. The van der Waals surface area contributed by atoms with Gasteiger partial charge in [-0.05, 0) is 31.0 Å². The van der Waals surface area contributed by atoms with Crippen LogP contribution in [0.25, 0.3) is 0 Å². The van der Waals surface area contributed by atoms with Crippen molar-refractivity contribution in [3.05, 3.63) is 40.4 Å². The smallest absolute Gasteiger partial charge is 0.253 e. The molecule has 3 nitrogen and oxygen atoms in total. The van der Waals surface area contributed by atoms with Gasteiger partial charge in [-0.25, -0.2) is 0 Å². The van der Waals surface area contributed by atoms with Gasteiger partial charge in [-0.3, -0.25) is 4.79 Å². The van der Waals surface area contributed by atoms with Gasteiger partial charge in [-0.1, -0.05) is 28.1 Å². The topological polar surface area (TPSA) is 55.1 Å². The molecular weight excluding hydrogens is 268 g/mol. The van der Waals surface area contributed by atoms with E-state index in [0.29, 0.717) is 11.3 Å². The van der Waals surface area contributed by atoms with Crippen LogP contribution in [0.2, 0.25) is 0 Å². The molecule has 1 aliphatic carbocycles. The SMILES string of the molecule is Nc1cc(Br)ccc1C(=O)NC1CC=CC1. The molecular formula is C12H13BrN2O. The summed E-state index contributed by atoms with van der Waals surface area (Å²) in [5.74, 6) is -0.0984. The van der Waals surface area contributed by atoms with Gasteiger partial charge in [-0.15, -0.1) is 0 Å². The number of hydrogen-bond acceptors (Lipinski definition) is 2. The number of anilines is 1. The molecule has 0 heterocycles. The summed E-state index contributed by atoms with van der Waals surface area (Å²) in [5.41, 5.74) is 6.83. The molecule has 16 heavy (non-hydrogen) atoms. The summed E-state index contributed by atoms with van der Waals surface area (Å²) in [6.07, 6.45) is 5.97. The summed E-state index contributed by atoms with van der Waals surface area (Å²) in [4.78, 5) is 11.9. The third-order valence-corrected chi connectivity index (χ3v) is 3.09. The maximum atomic E-state index is 11.9. The first-order chi connectivity index (χ1) is 7.66. The van der Waals surface area contributed by atoms with E-state index in [1.807, 2.05) is 6.07 Å². The Kier molecular flexibility index (Phi) is 3.29. The third-order valence-electron chi connectivity index (χ3n) is 2.60. The van der Waals surface area contributed by atoms with Gasteiger partial charge in [0.15, 0.2) is 0 Å². The number of hydrogen-bond donors (Lipinski definition) is 2. The van der Waals surface area contributed by atoms with Crippen LogP contribution in [-0.4, -0.2) is 11.9 Å². The molecule has 0 spiro atoms. The Labute approximate surface area is 103 Å². The van der Waals surface area contributed by atoms with Crippen LogP contribution < -0.4 is 11.1 Å². The molecule has 0 fully saturated rings. The van der Waals surface area contributed by atoms with E-state index in [0.717, 1.165) is 17.3 Å². The van der Waals surface area contributed by atoms with Crippen LogP contribution in [0.4, 0.5) is 5.69 Å². The first-order valence-electron chi connectivity index (χ1n) is 5.17. The van der Waals surface area contributed by atoms with Gasteiger partial charge < -0.3 is 11.1 Å². The van der Waals surface area contributed by atoms with Gasteiger partial charge in [0.05, 0.1) is 5.56 Å². The summed E-state index contributed by atoms with van der Waals surface area (Å²) < 4.78 is 0.879. The normalized spacial score (nSPS) is 15.3. The van der Waals surface area contributed by atoms with Crippen LogP contribution in [0, 0.1) is 0 Å². The highest BCUT2D eigenvalue weighted by Crippen LogP contribution is 2.19. The van der Waals surface area contributed by atoms with Gasteiger partial charge in [0, 0.05) is 16.2 Å². The van der Waals surface area contributed by atoms with Crippen molar-refractivity contribution >= 4 is 27.5 Å². The van der Waals surface area contributed by atoms with Gasteiger partial charge in [-0.2, -0.15) is 0 Å². The largest absolute Gasteiger partial charge is 0.398 e. The minimum atomic E-state index is -0.0984. The second-order valence-corrected chi connectivity index (χ2v) is 4.76. The van der Waals surface area contributed by atoms with Gasteiger partial charge in [0.1, 0.15) is 0 Å². The fraction of sp³-hybridized carbons (Fsp3) is 0.250. The molecule has 0 aromatic heterocycles. The average molecular weight is 281 g/mol. The molecule has 0 bridgehead atoms. The molecule has 4 heteroatoms. The quantitative estimate of drug-likeness (QED) is 0.646. The van der Waals surface area contributed by atoms with E-state index in [1.165, 1.54) is 0 Å². The third kappa shape index (κ3) is 2.44. The van der Waals surface area contributed by atoms with E-state index >= 15 is 0 Å². The lowest BCUT2D eigenvalue weighted by atomic mass is 10.1. The van der Waals surface area contributed by atoms with Crippen LogP contribution in [0.15, 0.2) is 34.8 Å². The van der Waals surface area contributed by atoms with E-state index in [-0.39, 0.29) is 11.9 Å². The number of rotatable bonds is 2.